The van der Waals surface area contributed by atoms with E-state index in [2.05, 4.69) is 5.10 Å². The van der Waals surface area contributed by atoms with Gasteiger partial charge in [-0.3, -0.25) is 0 Å². The van der Waals surface area contributed by atoms with E-state index in [0.29, 0.717) is 6.73 Å². The van der Waals surface area contributed by atoms with Gasteiger partial charge in [0.05, 0.1) is 18.4 Å². The molecule has 1 saturated heterocycles. The van der Waals surface area contributed by atoms with E-state index in [9.17, 15) is 0 Å². The molecule has 0 N–H and O–H groups in total. The summed E-state index contributed by atoms with van der Waals surface area (Å²) >= 11 is 0. The van der Waals surface area contributed by atoms with Crippen LogP contribution in [0, 0.1) is 6.92 Å². The third-order valence-corrected chi connectivity index (χ3v) is 2.10. The lowest BCUT2D eigenvalue weighted by atomic mass is 10.3. The van der Waals surface area contributed by atoms with Gasteiger partial charge in [-0.1, -0.05) is 0 Å². The summed E-state index contributed by atoms with van der Waals surface area (Å²) < 4.78 is 12.6. The molecule has 0 aliphatic carbocycles. The van der Waals surface area contributed by atoms with Crippen LogP contribution in [0.25, 0.3) is 0 Å². The first kappa shape index (κ1) is 8.72. The molecular weight excluding hydrogens is 168 g/mol. The average Bonchev–Trinajstić information content (AvgIpc) is 2.71. The molecule has 1 unspecified atom stereocenters. The van der Waals surface area contributed by atoms with Gasteiger partial charge in [-0.25, -0.2) is 4.68 Å². The summed E-state index contributed by atoms with van der Waals surface area (Å²) in [5.41, 5.74) is 1.02. The fourth-order valence-electron chi connectivity index (χ4n) is 1.36. The molecule has 1 atom stereocenters. The van der Waals surface area contributed by atoms with Gasteiger partial charge >= 0.3 is 0 Å². The number of rotatable bonds is 3. The van der Waals surface area contributed by atoms with Gasteiger partial charge in [0.15, 0.2) is 0 Å². The minimum atomic E-state index is 0.254. The third kappa shape index (κ3) is 2.29. The number of nitrogens with zero attached hydrogens (tertiary/aromatic N) is 2. The molecule has 0 saturated carbocycles. The van der Waals surface area contributed by atoms with Crippen LogP contribution in [-0.2, 0) is 16.2 Å². The van der Waals surface area contributed by atoms with Gasteiger partial charge in [0.2, 0.25) is 0 Å². The number of hydrogen-bond donors (Lipinski definition) is 0. The Kier molecular flexibility index (Phi) is 2.61. The lowest BCUT2D eigenvalue weighted by molar-refractivity contribution is -0.00349. The molecule has 1 aliphatic heterocycles. The maximum Gasteiger partial charge on any atom is 0.139 e. The molecule has 0 radical (unpaired) electrons. The Hall–Kier alpha value is -0.870. The fourth-order valence-corrected chi connectivity index (χ4v) is 1.36. The Balaban J connectivity index is 1.78. The molecule has 0 bridgehead atoms. The van der Waals surface area contributed by atoms with Gasteiger partial charge < -0.3 is 9.47 Å². The van der Waals surface area contributed by atoms with E-state index in [1.54, 1.807) is 4.68 Å². The van der Waals surface area contributed by atoms with Crippen molar-refractivity contribution in [3.63, 3.8) is 0 Å². The minimum absolute atomic E-state index is 0.254. The minimum Gasteiger partial charge on any atom is -0.379 e. The van der Waals surface area contributed by atoms with E-state index in [-0.39, 0.29) is 6.10 Å². The van der Waals surface area contributed by atoms with Crippen LogP contribution >= 0.6 is 0 Å². The van der Waals surface area contributed by atoms with Crippen molar-refractivity contribution in [2.75, 3.05) is 13.2 Å². The standard InChI is InChI=1S/C9H14N2O2/c1-8-2-4-11(10-8)7-13-9-3-5-12-6-9/h2,4,9H,3,5-7H2,1H3. The normalized spacial score (nSPS) is 22.4. The summed E-state index contributed by atoms with van der Waals surface area (Å²) in [5, 5.41) is 4.22. The lowest BCUT2D eigenvalue weighted by Gasteiger charge is -2.08. The van der Waals surface area contributed by atoms with Crippen molar-refractivity contribution in [2.24, 2.45) is 0 Å². The zero-order valence-corrected chi connectivity index (χ0v) is 7.77. The summed E-state index contributed by atoms with van der Waals surface area (Å²) in [5.74, 6) is 0. The molecule has 72 valence electrons. The lowest BCUT2D eigenvalue weighted by Crippen LogP contribution is -2.15. The summed E-state index contributed by atoms with van der Waals surface area (Å²) in [6.45, 7) is 4.04. The molecule has 1 aromatic rings. The van der Waals surface area contributed by atoms with Crippen molar-refractivity contribution in [1.29, 1.82) is 0 Å². The van der Waals surface area contributed by atoms with Gasteiger partial charge in [-0.15, -0.1) is 0 Å². The maximum absolute atomic E-state index is 5.58. The molecule has 1 fully saturated rings. The highest BCUT2D eigenvalue weighted by molar-refractivity contribution is 4.94. The zero-order valence-electron chi connectivity index (χ0n) is 7.77. The molecule has 2 heterocycles. The van der Waals surface area contributed by atoms with Crippen molar-refractivity contribution in [3.8, 4) is 0 Å². The molecular formula is C9H14N2O2. The van der Waals surface area contributed by atoms with Crippen molar-refractivity contribution >= 4 is 0 Å². The maximum atomic E-state index is 5.58. The number of aryl methyl sites for hydroxylation is 1. The van der Waals surface area contributed by atoms with Crippen molar-refractivity contribution in [3.05, 3.63) is 18.0 Å². The summed E-state index contributed by atoms with van der Waals surface area (Å²) in [4.78, 5) is 0. The Morgan fingerprint density at radius 3 is 3.31 bits per heavy atom. The van der Waals surface area contributed by atoms with Crippen LogP contribution in [0.3, 0.4) is 0 Å². The second-order valence-electron chi connectivity index (χ2n) is 3.28. The van der Waals surface area contributed by atoms with E-state index >= 15 is 0 Å². The largest absolute Gasteiger partial charge is 0.379 e. The summed E-state index contributed by atoms with van der Waals surface area (Å²) in [7, 11) is 0. The van der Waals surface area contributed by atoms with Crippen molar-refractivity contribution in [2.45, 2.75) is 26.2 Å². The molecule has 2 rings (SSSR count). The molecule has 1 aromatic heterocycles. The average molecular weight is 182 g/mol. The van der Waals surface area contributed by atoms with E-state index in [1.165, 1.54) is 0 Å². The fraction of sp³-hybridized carbons (Fsp3) is 0.667. The molecule has 4 heteroatoms. The number of aromatic nitrogens is 2. The van der Waals surface area contributed by atoms with Crippen LogP contribution in [0.1, 0.15) is 12.1 Å². The molecule has 13 heavy (non-hydrogen) atoms. The van der Waals surface area contributed by atoms with E-state index in [1.807, 2.05) is 19.2 Å². The molecule has 1 aliphatic rings. The van der Waals surface area contributed by atoms with Crippen LogP contribution in [0.5, 0.6) is 0 Å². The summed E-state index contributed by atoms with van der Waals surface area (Å²) in [6.07, 6.45) is 3.18. The molecule has 4 nitrogen and oxygen atoms in total. The van der Waals surface area contributed by atoms with Gasteiger partial charge in [0, 0.05) is 12.8 Å². The Bertz CT molecular complexity index is 266. The first-order valence-corrected chi connectivity index (χ1v) is 4.54. The van der Waals surface area contributed by atoms with Crippen LogP contribution in [0.4, 0.5) is 0 Å². The highest BCUT2D eigenvalue weighted by Gasteiger charge is 2.15. The highest BCUT2D eigenvalue weighted by Crippen LogP contribution is 2.08. The highest BCUT2D eigenvalue weighted by atomic mass is 16.5. The SMILES string of the molecule is Cc1ccn(COC2CCOC2)n1. The summed E-state index contributed by atoms with van der Waals surface area (Å²) in [6, 6.07) is 1.97. The van der Waals surface area contributed by atoms with E-state index in [0.717, 1.165) is 25.3 Å². The second kappa shape index (κ2) is 3.89. The molecule has 0 aromatic carbocycles. The van der Waals surface area contributed by atoms with Gasteiger partial charge in [-0.05, 0) is 19.4 Å². The van der Waals surface area contributed by atoms with E-state index in [4.69, 9.17) is 9.47 Å². The van der Waals surface area contributed by atoms with Crippen molar-refractivity contribution < 1.29 is 9.47 Å². The zero-order chi connectivity index (χ0) is 9.10. The smallest absolute Gasteiger partial charge is 0.139 e. The quantitative estimate of drug-likeness (QED) is 0.698. The molecule has 0 amide bonds. The van der Waals surface area contributed by atoms with Crippen LogP contribution in [0.2, 0.25) is 0 Å². The second-order valence-corrected chi connectivity index (χ2v) is 3.28. The van der Waals surface area contributed by atoms with Gasteiger partial charge in [0.25, 0.3) is 0 Å². The van der Waals surface area contributed by atoms with Crippen LogP contribution in [-0.4, -0.2) is 29.1 Å². The predicted molar refractivity (Wildman–Crippen MR) is 47.3 cm³/mol. The monoisotopic (exact) mass is 182 g/mol. The Morgan fingerprint density at radius 2 is 2.69 bits per heavy atom. The first-order chi connectivity index (χ1) is 6.34. The van der Waals surface area contributed by atoms with Crippen molar-refractivity contribution in [1.82, 2.24) is 9.78 Å². The predicted octanol–water partition coefficient (Wildman–Crippen LogP) is 0.955. The first-order valence-electron chi connectivity index (χ1n) is 4.54. The van der Waals surface area contributed by atoms with Gasteiger partial charge in [0.1, 0.15) is 6.73 Å². The van der Waals surface area contributed by atoms with Gasteiger partial charge in [-0.2, -0.15) is 5.10 Å². The molecule has 0 spiro atoms. The third-order valence-electron chi connectivity index (χ3n) is 2.10. The Morgan fingerprint density at radius 1 is 1.77 bits per heavy atom. The topological polar surface area (TPSA) is 36.3 Å². The van der Waals surface area contributed by atoms with Crippen LogP contribution in [0.15, 0.2) is 12.3 Å². The van der Waals surface area contributed by atoms with E-state index < -0.39 is 0 Å². The number of ether oxygens (including phenoxy) is 2. The van der Waals surface area contributed by atoms with Crippen LogP contribution < -0.4 is 0 Å². The number of hydrogen-bond acceptors (Lipinski definition) is 3. The Labute approximate surface area is 77.4 Å².